The quantitative estimate of drug-likeness (QED) is 0.718. The number of aromatic nitrogens is 2. The first-order chi connectivity index (χ1) is 6.84. The van der Waals surface area contributed by atoms with Gasteiger partial charge in [-0.1, -0.05) is 35.0 Å². The fourth-order valence-electron chi connectivity index (χ4n) is 1.29. The van der Waals surface area contributed by atoms with Crippen molar-refractivity contribution in [2.24, 2.45) is 0 Å². The maximum atomic E-state index is 10.7. The Morgan fingerprint density at radius 1 is 1.29 bits per heavy atom. The van der Waals surface area contributed by atoms with Crippen LogP contribution in [0.15, 0.2) is 45.8 Å². The van der Waals surface area contributed by atoms with E-state index in [1.807, 2.05) is 18.2 Å². The lowest BCUT2D eigenvalue weighted by Gasteiger charge is -1.93. The molecular weight excluding hydrogens is 180 g/mol. The zero-order valence-electron chi connectivity index (χ0n) is 7.64. The van der Waals surface area contributed by atoms with Crippen LogP contribution in [-0.2, 0) is 13.0 Å². The number of rotatable bonds is 3. The minimum Gasteiger partial charge on any atom is -0.284 e. The summed E-state index contributed by atoms with van der Waals surface area (Å²) in [6, 6.07) is 10.1. The second-order valence-electron chi connectivity index (χ2n) is 3.07. The fraction of sp³-hybridized carbons (Fsp3) is 0.200. The van der Waals surface area contributed by atoms with E-state index < -0.39 is 0 Å². The van der Waals surface area contributed by atoms with Crippen molar-refractivity contribution in [1.29, 1.82) is 0 Å². The number of benzene rings is 1. The molecule has 0 aliphatic carbocycles. The van der Waals surface area contributed by atoms with Gasteiger partial charge in [-0.15, -0.1) is 0 Å². The molecule has 0 aliphatic rings. The number of aryl methyl sites for hydroxylation is 2. The van der Waals surface area contributed by atoms with Crippen molar-refractivity contribution in [1.82, 2.24) is 5.27 Å². The van der Waals surface area contributed by atoms with Crippen molar-refractivity contribution in [2.45, 2.75) is 13.0 Å². The van der Waals surface area contributed by atoms with Crippen LogP contribution in [-0.4, -0.2) is 5.27 Å². The Balaban J connectivity index is 1.98. The Bertz CT molecular complexity index is 444. The summed E-state index contributed by atoms with van der Waals surface area (Å²) in [6.45, 7) is 0.718. The van der Waals surface area contributed by atoms with Gasteiger partial charge in [0.1, 0.15) is 0 Å². The van der Waals surface area contributed by atoms with Crippen LogP contribution in [0, 0.1) is 0 Å². The molecular formula is C10H11N2O2+. The van der Waals surface area contributed by atoms with E-state index in [-0.39, 0.29) is 5.63 Å². The zero-order chi connectivity index (χ0) is 9.80. The van der Waals surface area contributed by atoms with E-state index >= 15 is 0 Å². The molecule has 1 N–H and O–H groups in total. The average molecular weight is 191 g/mol. The molecule has 4 nitrogen and oxygen atoms in total. The first-order valence-corrected chi connectivity index (χ1v) is 4.46. The molecule has 0 unspecified atom stereocenters. The van der Waals surface area contributed by atoms with E-state index in [2.05, 4.69) is 21.9 Å². The molecule has 4 heteroatoms. The Morgan fingerprint density at radius 2 is 2.07 bits per heavy atom. The second-order valence-corrected chi connectivity index (χ2v) is 3.07. The van der Waals surface area contributed by atoms with Crippen molar-refractivity contribution in [3.8, 4) is 0 Å². The van der Waals surface area contributed by atoms with E-state index in [1.165, 1.54) is 11.8 Å². The van der Waals surface area contributed by atoms with Crippen molar-refractivity contribution in [2.75, 3.05) is 0 Å². The smallest absolute Gasteiger partial charge is 0.284 e. The molecule has 0 fully saturated rings. The van der Waals surface area contributed by atoms with E-state index in [4.69, 9.17) is 0 Å². The summed E-state index contributed by atoms with van der Waals surface area (Å²) in [7, 11) is 0. The molecule has 0 amide bonds. The SMILES string of the molecule is O=c1c[n+](CCc2ccccc2)[nH]o1. The van der Waals surface area contributed by atoms with Crippen LogP contribution in [0.4, 0.5) is 0 Å². The van der Waals surface area contributed by atoms with Crippen molar-refractivity contribution in [3.63, 3.8) is 0 Å². The van der Waals surface area contributed by atoms with Gasteiger partial charge in [-0.25, -0.2) is 4.79 Å². The number of nitrogens with one attached hydrogen (secondary N) is 1. The zero-order valence-corrected chi connectivity index (χ0v) is 7.64. The van der Waals surface area contributed by atoms with Gasteiger partial charge >= 0.3 is 5.63 Å². The Labute approximate surface area is 80.7 Å². The molecule has 0 saturated carbocycles. The van der Waals surface area contributed by atoms with E-state index in [0.717, 1.165) is 13.0 Å². The minimum absolute atomic E-state index is 0.349. The van der Waals surface area contributed by atoms with Crippen LogP contribution >= 0.6 is 0 Å². The van der Waals surface area contributed by atoms with Crippen LogP contribution in [0.3, 0.4) is 0 Å². The Kier molecular flexibility index (Phi) is 2.44. The summed E-state index contributed by atoms with van der Waals surface area (Å²) in [5.74, 6) is 0. The van der Waals surface area contributed by atoms with E-state index in [0.29, 0.717) is 0 Å². The molecule has 72 valence electrons. The molecule has 2 aromatic rings. The maximum absolute atomic E-state index is 10.7. The standard InChI is InChI=1S/C10H10N2O2/c13-10-8-12(11-14-10)7-6-9-4-2-1-3-5-9/h1-5,8H,6-7H2/p+1. The first-order valence-electron chi connectivity index (χ1n) is 4.46. The van der Waals surface area contributed by atoms with Gasteiger partial charge in [0, 0.05) is 6.42 Å². The summed E-state index contributed by atoms with van der Waals surface area (Å²) in [5.41, 5.74) is 0.889. The normalized spacial score (nSPS) is 10.3. The third-order valence-electron chi connectivity index (χ3n) is 2.01. The average Bonchev–Trinajstić information content (AvgIpc) is 2.63. The Hall–Kier alpha value is -1.84. The highest BCUT2D eigenvalue weighted by Gasteiger charge is 2.04. The number of aromatic amines is 1. The third-order valence-corrected chi connectivity index (χ3v) is 2.01. The number of hydrogen-bond acceptors (Lipinski definition) is 2. The molecule has 0 saturated heterocycles. The number of hydrogen-bond donors (Lipinski definition) is 1. The number of nitrogens with zero attached hydrogens (tertiary/aromatic N) is 1. The largest absolute Gasteiger partial charge is 0.426 e. The summed E-state index contributed by atoms with van der Waals surface area (Å²) in [5, 5.41) is 2.50. The van der Waals surface area contributed by atoms with Crippen LogP contribution in [0.5, 0.6) is 0 Å². The van der Waals surface area contributed by atoms with Gasteiger partial charge in [0.05, 0.1) is 0 Å². The van der Waals surface area contributed by atoms with Crippen LogP contribution in [0.1, 0.15) is 5.56 Å². The Morgan fingerprint density at radius 3 is 2.71 bits per heavy atom. The van der Waals surface area contributed by atoms with Gasteiger partial charge in [-0.05, 0) is 10.8 Å². The lowest BCUT2D eigenvalue weighted by atomic mass is 10.1. The van der Waals surface area contributed by atoms with Crippen molar-refractivity contribution < 1.29 is 9.20 Å². The first kappa shape index (κ1) is 8.74. The molecule has 1 heterocycles. The van der Waals surface area contributed by atoms with Gasteiger partial charge in [-0.3, -0.25) is 4.52 Å². The van der Waals surface area contributed by atoms with E-state index in [9.17, 15) is 4.79 Å². The van der Waals surface area contributed by atoms with Gasteiger partial charge in [-0.2, -0.15) is 0 Å². The summed E-state index contributed by atoms with van der Waals surface area (Å²) >= 11 is 0. The van der Waals surface area contributed by atoms with Crippen molar-refractivity contribution >= 4 is 0 Å². The lowest BCUT2D eigenvalue weighted by Crippen LogP contribution is -2.36. The highest BCUT2D eigenvalue weighted by molar-refractivity contribution is 5.14. The highest BCUT2D eigenvalue weighted by Crippen LogP contribution is 1.98. The summed E-state index contributed by atoms with van der Waals surface area (Å²) in [6.07, 6.45) is 2.28. The molecule has 1 aromatic heterocycles. The monoisotopic (exact) mass is 191 g/mol. The third kappa shape index (κ3) is 2.10. The lowest BCUT2D eigenvalue weighted by molar-refractivity contribution is -0.761. The van der Waals surface area contributed by atoms with Crippen LogP contribution in [0.2, 0.25) is 0 Å². The molecule has 0 atom stereocenters. The molecule has 0 spiro atoms. The maximum Gasteiger partial charge on any atom is 0.426 e. The molecule has 1 aromatic carbocycles. The molecule has 0 aliphatic heterocycles. The van der Waals surface area contributed by atoms with Crippen LogP contribution in [0.25, 0.3) is 0 Å². The van der Waals surface area contributed by atoms with E-state index in [1.54, 1.807) is 4.68 Å². The van der Waals surface area contributed by atoms with Crippen LogP contribution < -0.4 is 10.3 Å². The fourth-order valence-corrected chi connectivity index (χ4v) is 1.29. The molecule has 14 heavy (non-hydrogen) atoms. The predicted molar refractivity (Wildman–Crippen MR) is 49.7 cm³/mol. The van der Waals surface area contributed by atoms with Gasteiger partial charge in [0.2, 0.25) is 0 Å². The topological polar surface area (TPSA) is 49.9 Å². The van der Waals surface area contributed by atoms with Crippen molar-refractivity contribution in [3.05, 3.63) is 52.5 Å². The molecule has 0 radical (unpaired) electrons. The summed E-state index contributed by atoms with van der Waals surface area (Å²) < 4.78 is 6.17. The predicted octanol–water partition coefficient (Wildman–Crippen LogP) is 0.498. The minimum atomic E-state index is -0.349. The molecule has 2 rings (SSSR count). The van der Waals surface area contributed by atoms with Gasteiger partial charge in [0.15, 0.2) is 6.54 Å². The number of H-pyrrole nitrogens is 1. The summed E-state index contributed by atoms with van der Waals surface area (Å²) in [4.78, 5) is 10.7. The van der Waals surface area contributed by atoms with Gasteiger partial charge in [0.25, 0.3) is 6.20 Å². The molecule has 0 bridgehead atoms. The van der Waals surface area contributed by atoms with Gasteiger partial charge < -0.3 is 0 Å². The highest BCUT2D eigenvalue weighted by atomic mass is 16.5. The second kappa shape index (κ2) is 3.91.